The lowest BCUT2D eigenvalue weighted by Gasteiger charge is -2.43. The van der Waals surface area contributed by atoms with Crippen LogP contribution in [-0.4, -0.2) is 42.1 Å². The number of nitrogens with two attached hydrogens (primary N) is 1. The highest BCUT2D eigenvalue weighted by molar-refractivity contribution is 7.92. The highest BCUT2D eigenvalue weighted by Gasteiger charge is 2.36. The van der Waals surface area contributed by atoms with Crippen LogP contribution in [-0.2, 0) is 10.0 Å². The second-order valence-electron chi connectivity index (χ2n) is 10.9. The van der Waals surface area contributed by atoms with E-state index in [1.807, 2.05) is 32.0 Å². The van der Waals surface area contributed by atoms with Crippen LogP contribution in [0.2, 0.25) is 0 Å². The third kappa shape index (κ3) is 6.49. The first kappa shape index (κ1) is 27.5. The fraction of sp³-hybridized carbons (Fsp3) is 0.393. The fourth-order valence-electron chi connectivity index (χ4n) is 5.22. The summed E-state index contributed by atoms with van der Waals surface area (Å²) in [5.74, 6) is -0.648. The summed E-state index contributed by atoms with van der Waals surface area (Å²) in [6.07, 6.45) is 3.12. The van der Waals surface area contributed by atoms with Crippen molar-refractivity contribution < 1.29 is 23.1 Å². The number of aromatic nitrogens is 2. The van der Waals surface area contributed by atoms with Gasteiger partial charge in [0.2, 0.25) is 11.8 Å². The zero-order chi connectivity index (χ0) is 27.7. The molecule has 38 heavy (non-hydrogen) atoms. The number of aromatic carboxylic acids is 1. The number of benzene rings is 2. The van der Waals surface area contributed by atoms with Gasteiger partial charge in [0.1, 0.15) is 6.61 Å². The summed E-state index contributed by atoms with van der Waals surface area (Å²) in [6.45, 7) is 8.63. The third-order valence-electron chi connectivity index (χ3n) is 6.82. The monoisotopic (exact) mass is 538 g/mol. The van der Waals surface area contributed by atoms with Crippen LogP contribution in [0.25, 0.3) is 11.3 Å². The number of sulfonamides is 1. The molecular formula is C28H34N4O5S. The number of ether oxygens (including phenoxy) is 1. The lowest BCUT2D eigenvalue weighted by Crippen LogP contribution is -2.38. The maximum atomic E-state index is 13.1. The van der Waals surface area contributed by atoms with E-state index in [1.165, 1.54) is 18.2 Å². The Labute approximate surface area is 223 Å². The van der Waals surface area contributed by atoms with Crippen LogP contribution in [0.4, 0.5) is 5.95 Å². The van der Waals surface area contributed by atoms with Gasteiger partial charge in [-0.15, -0.1) is 0 Å². The number of carboxylic acid groups (broad SMARTS) is 1. The van der Waals surface area contributed by atoms with E-state index >= 15 is 0 Å². The molecule has 4 N–H and O–H groups in total. The third-order valence-corrected chi connectivity index (χ3v) is 8.15. The van der Waals surface area contributed by atoms with E-state index in [4.69, 9.17) is 10.5 Å². The van der Waals surface area contributed by atoms with Crippen molar-refractivity contribution in [3.8, 4) is 17.1 Å². The topological polar surface area (TPSA) is 144 Å². The number of nitrogens with one attached hydrogen (secondary N) is 1. The fourth-order valence-corrected chi connectivity index (χ4v) is 6.21. The number of aryl methyl sites for hydroxylation is 2. The van der Waals surface area contributed by atoms with Crippen LogP contribution in [0.3, 0.4) is 0 Å². The van der Waals surface area contributed by atoms with Crippen molar-refractivity contribution in [3.63, 3.8) is 0 Å². The minimum Gasteiger partial charge on any atom is -0.478 e. The summed E-state index contributed by atoms with van der Waals surface area (Å²) in [7, 11) is -4.18. The van der Waals surface area contributed by atoms with Gasteiger partial charge in [-0.05, 0) is 73.8 Å². The number of rotatable bonds is 10. The van der Waals surface area contributed by atoms with E-state index in [0.717, 1.165) is 42.0 Å². The van der Waals surface area contributed by atoms with Crippen molar-refractivity contribution in [2.24, 2.45) is 17.1 Å². The number of nitrogens with zero attached hydrogens (tertiary/aromatic N) is 2. The number of anilines is 1. The molecule has 1 fully saturated rings. The van der Waals surface area contributed by atoms with Crippen LogP contribution >= 0.6 is 0 Å². The van der Waals surface area contributed by atoms with Gasteiger partial charge in [-0.25, -0.2) is 22.9 Å². The maximum absolute atomic E-state index is 13.1. The first-order chi connectivity index (χ1) is 17.8. The molecule has 0 aliphatic heterocycles. The Kier molecular flexibility index (Phi) is 7.75. The Balaban J connectivity index is 1.62. The molecule has 1 aliphatic rings. The molecule has 10 heteroatoms. The molecule has 9 nitrogen and oxygen atoms in total. The lowest BCUT2D eigenvalue weighted by atomic mass is 9.63. The van der Waals surface area contributed by atoms with Gasteiger partial charge < -0.3 is 15.6 Å². The molecule has 2 aromatic carbocycles. The van der Waals surface area contributed by atoms with Crippen LogP contribution in [0.5, 0.6) is 5.88 Å². The largest absolute Gasteiger partial charge is 0.478 e. The van der Waals surface area contributed by atoms with E-state index in [2.05, 4.69) is 28.5 Å². The number of carbonyl (C=O) groups is 1. The van der Waals surface area contributed by atoms with Gasteiger partial charge in [-0.1, -0.05) is 38.1 Å². The molecule has 1 aliphatic carbocycles. The van der Waals surface area contributed by atoms with Gasteiger partial charge in [-0.2, -0.15) is 4.98 Å². The van der Waals surface area contributed by atoms with Crippen LogP contribution in [0, 0.1) is 25.2 Å². The SMILES string of the molecule is Cc1cccc(C)c1-c1cc(OCC(N)CC2CC(C)(C)C2)nc(NS(=O)(=O)c2cccc(C(=O)O)c2)n1. The lowest BCUT2D eigenvalue weighted by molar-refractivity contribution is 0.0696. The number of hydrogen-bond donors (Lipinski definition) is 3. The molecule has 1 saturated carbocycles. The average molecular weight is 539 g/mol. The van der Waals surface area contributed by atoms with Crippen molar-refractivity contribution in [2.45, 2.75) is 57.9 Å². The molecule has 1 atom stereocenters. The molecule has 0 radical (unpaired) electrons. The van der Waals surface area contributed by atoms with Crippen molar-refractivity contribution >= 4 is 21.9 Å². The van der Waals surface area contributed by atoms with E-state index in [1.54, 1.807) is 6.07 Å². The summed E-state index contributed by atoms with van der Waals surface area (Å²) in [4.78, 5) is 19.9. The highest BCUT2D eigenvalue weighted by Crippen LogP contribution is 2.46. The molecular weight excluding hydrogens is 504 g/mol. The van der Waals surface area contributed by atoms with E-state index in [0.29, 0.717) is 17.0 Å². The van der Waals surface area contributed by atoms with E-state index in [9.17, 15) is 18.3 Å². The molecule has 202 valence electrons. The Morgan fingerprint density at radius 2 is 1.79 bits per heavy atom. The second kappa shape index (κ2) is 10.7. The Hall–Kier alpha value is -3.50. The molecule has 4 rings (SSSR count). The van der Waals surface area contributed by atoms with Crippen molar-refractivity contribution in [1.82, 2.24) is 9.97 Å². The molecule has 1 heterocycles. The van der Waals surface area contributed by atoms with Crippen LogP contribution in [0.1, 0.15) is 54.6 Å². The smallest absolute Gasteiger partial charge is 0.335 e. The molecule has 1 unspecified atom stereocenters. The minimum absolute atomic E-state index is 0.147. The zero-order valence-electron chi connectivity index (χ0n) is 22.1. The van der Waals surface area contributed by atoms with Crippen molar-refractivity contribution in [1.29, 1.82) is 0 Å². The molecule has 0 amide bonds. The average Bonchev–Trinajstić information content (AvgIpc) is 2.81. The van der Waals surface area contributed by atoms with Crippen molar-refractivity contribution in [2.75, 3.05) is 11.3 Å². The molecule has 0 spiro atoms. The Bertz CT molecular complexity index is 1430. The van der Waals surface area contributed by atoms with Gasteiger partial charge in [0.15, 0.2) is 0 Å². The second-order valence-corrected chi connectivity index (χ2v) is 12.5. The highest BCUT2D eigenvalue weighted by atomic mass is 32.2. The summed E-state index contributed by atoms with van der Waals surface area (Å²) in [6, 6.07) is 12.4. The van der Waals surface area contributed by atoms with Gasteiger partial charge in [0.25, 0.3) is 10.0 Å². The van der Waals surface area contributed by atoms with E-state index in [-0.39, 0.29) is 34.9 Å². The van der Waals surface area contributed by atoms with Gasteiger partial charge in [0.05, 0.1) is 16.2 Å². The van der Waals surface area contributed by atoms with Crippen molar-refractivity contribution in [3.05, 3.63) is 65.2 Å². The Morgan fingerprint density at radius 1 is 1.13 bits per heavy atom. The predicted octanol–water partition coefficient (Wildman–Crippen LogP) is 4.79. The Morgan fingerprint density at radius 3 is 2.42 bits per heavy atom. The van der Waals surface area contributed by atoms with Gasteiger partial charge in [-0.3, -0.25) is 0 Å². The zero-order valence-corrected chi connectivity index (χ0v) is 22.9. The summed E-state index contributed by atoms with van der Waals surface area (Å²) in [5, 5.41) is 9.25. The standard InChI is InChI=1S/C28H34N4O5S/c1-17-7-5-8-18(2)25(17)23-13-24(37-16-21(29)11-19-14-28(3,4)15-19)31-27(30-23)32-38(35,36)22-10-6-9-20(12-22)26(33)34/h5-10,12-13,19,21H,11,14-16,29H2,1-4H3,(H,33,34)(H,30,31,32). The summed E-state index contributed by atoms with van der Waals surface area (Å²) < 4.78 is 34.5. The molecule has 0 bridgehead atoms. The number of hydrogen-bond acceptors (Lipinski definition) is 7. The number of carboxylic acids is 1. The van der Waals surface area contributed by atoms with Gasteiger partial charge in [0, 0.05) is 17.7 Å². The quantitative estimate of drug-likeness (QED) is 0.334. The molecule has 3 aromatic rings. The summed E-state index contributed by atoms with van der Waals surface area (Å²) in [5.41, 5.74) is 9.83. The first-order valence-electron chi connectivity index (χ1n) is 12.5. The summed E-state index contributed by atoms with van der Waals surface area (Å²) >= 11 is 0. The van der Waals surface area contributed by atoms with Crippen LogP contribution < -0.4 is 15.2 Å². The van der Waals surface area contributed by atoms with Gasteiger partial charge >= 0.3 is 5.97 Å². The maximum Gasteiger partial charge on any atom is 0.335 e. The predicted molar refractivity (Wildman–Crippen MR) is 146 cm³/mol. The minimum atomic E-state index is -4.18. The molecule has 1 aromatic heterocycles. The van der Waals surface area contributed by atoms with E-state index < -0.39 is 16.0 Å². The molecule has 0 saturated heterocycles. The first-order valence-corrected chi connectivity index (χ1v) is 14.0. The normalized spacial score (nSPS) is 15.9. The van der Waals surface area contributed by atoms with Crippen LogP contribution in [0.15, 0.2) is 53.4 Å².